The van der Waals surface area contributed by atoms with Crippen molar-refractivity contribution >= 4 is 17.0 Å². The van der Waals surface area contributed by atoms with Crippen molar-refractivity contribution in [2.45, 2.75) is 31.1 Å². The summed E-state index contributed by atoms with van der Waals surface area (Å²) in [6.07, 6.45) is -1.56. The maximum absolute atomic E-state index is 10.3. The van der Waals surface area contributed by atoms with Crippen LogP contribution in [0.15, 0.2) is 30.9 Å². The van der Waals surface area contributed by atoms with Gasteiger partial charge in [0.1, 0.15) is 24.6 Å². The highest BCUT2D eigenvalue weighted by molar-refractivity contribution is 5.82. The topological polar surface area (TPSA) is 155 Å². The first kappa shape index (κ1) is 19.3. The predicted octanol–water partition coefficient (Wildman–Crippen LogP) is -0.236. The minimum atomic E-state index is -1.25. The van der Waals surface area contributed by atoms with E-state index in [4.69, 9.17) is 9.47 Å². The third-order valence-corrected chi connectivity index (χ3v) is 4.90. The first-order chi connectivity index (χ1) is 14.0. The number of aliphatic hydroxyl groups excluding tert-OH is 3. The maximum atomic E-state index is 10.3. The molecule has 0 aliphatic carbocycles. The summed E-state index contributed by atoms with van der Waals surface area (Å²) >= 11 is 0. The Morgan fingerprint density at radius 2 is 2.03 bits per heavy atom. The number of nitrogens with zero attached hydrogens (tertiary/aromatic N) is 4. The summed E-state index contributed by atoms with van der Waals surface area (Å²) in [5, 5.41) is 42.9. The molecule has 0 bridgehead atoms. The van der Waals surface area contributed by atoms with Crippen LogP contribution in [0.3, 0.4) is 0 Å². The summed E-state index contributed by atoms with van der Waals surface area (Å²) in [6, 6.07) is 5.17. The predicted molar refractivity (Wildman–Crippen MR) is 100 cm³/mol. The van der Waals surface area contributed by atoms with Gasteiger partial charge in [-0.3, -0.25) is 4.57 Å². The highest BCUT2D eigenvalue weighted by Crippen LogP contribution is 2.33. The van der Waals surface area contributed by atoms with Crippen LogP contribution in [0.1, 0.15) is 11.8 Å². The summed E-state index contributed by atoms with van der Waals surface area (Å²) in [7, 11) is 1.48. The van der Waals surface area contributed by atoms with Crippen LogP contribution in [0.2, 0.25) is 0 Å². The number of phenolic OH excluding ortho intramolecular Hbond substituents is 1. The zero-order valence-electron chi connectivity index (χ0n) is 15.5. The number of anilines is 1. The van der Waals surface area contributed by atoms with Gasteiger partial charge in [0.15, 0.2) is 34.7 Å². The van der Waals surface area contributed by atoms with E-state index in [9.17, 15) is 20.4 Å². The molecule has 1 aliphatic rings. The second-order valence-corrected chi connectivity index (χ2v) is 6.60. The molecular weight excluding hydrogens is 382 g/mol. The van der Waals surface area contributed by atoms with E-state index in [0.717, 1.165) is 0 Å². The van der Waals surface area contributed by atoms with Crippen molar-refractivity contribution in [2.75, 3.05) is 19.0 Å². The summed E-state index contributed by atoms with van der Waals surface area (Å²) in [4.78, 5) is 12.7. The van der Waals surface area contributed by atoms with E-state index in [0.29, 0.717) is 28.3 Å². The lowest BCUT2D eigenvalue weighted by molar-refractivity contribution is -0.0511. The SMILES string of the molecule is COc1cccc(CNc2ncnc3c2ncn3[C@@H]2O[C@H](CO)[C@@H](O)[C@@H]2O)c1O. The zero-order chi connectivity index (χ0) is 20.5. The molecule has 4 atom stereocenters. The Labute approximate surface area is 165 Å². The number of hydrogen-bond acceptors (Lipinski definition) is 10. The number of aromatic hydroxyl groups is 1. The van der Waals surface area contributed by atoms with Crippen molar-refractivity contribution in [1.29, 1.82) is 0 Å². The highest BCUT2D eigenvalue weighted by Gasteiger charge is 2.44. The Bertz CT molecular complexity index is 1010. The summed E-state index contributed by atoms with van der Waals surface area (Å²) < 4.78 is 12.1. The average molecular weight is 403 g/mol. The fourth-order valence-electron chi connectivity index (χ4n) is 3.33. The molecule has 0 amide bonds. The van der Waals surface area contributed by atoms with Gasteiger partial charge in [-0.1, -0.05) is 12.1 Å². The normalized spacial score (nSPS) is 24.1. The Kier molecular flexibility index (Phi) is 5.20. The molecule has 3 aromatic rings. The third-order valence-electron chi connectivity index (χ3n) is 4.90. The number of benzene rings is 1. The molecule has 1 aliphatic heterocycles. The van der Waals surface area contributed by atoms with Crippen molar-refractivity contribution in [3.8, 4) is 11.5 Å². The van der Waals surface area contributed by atoms with Gasteiger partial charge >= 0.3 is 0 Å². The first-order valence-electron chi connectivity index (χ1n) is 8.93. The zero-order valence-corrected chi connectivity index (χ0v) is 15.5. The number of imidazole rings is 1. The van der Waals surface area contributed by atoms with Gasteiger partial charge in [-0.15, -0.1) is 0 Å². The van der Waals surface area contributed by atoms with Crippen LogP contribution in [-0.4, -0.2) is 72.0 Å². The van der Waals surface area contributed by atoms with Crippen LogP contribution in [0.25, 0.3) is 11.2 Å². The van der Waals surface area contributed by atoms with Crippen molar-refractivity contribution in [3.05, 3.63) is 36.4 Å². The molecule has 0 unspecified atom stereocenters. The Hall–Kier alpha value is -2.99. The number of phenols is 1. The lowest BCUT2D eigenvalue weighted by atomic mass is 10.1. The summed E-state index contributed by atoms with van der Waals surface area (Å²) in [6.45, 7) is -0.164. The third kappa shape index (κ3) is 3.34. The van der Waals surface area contributed by atoms with E-state index in [1.165, 1.54) is 24.3 Å². The number of aliphatic hydroxyl groups is 3. The molecule has 11 nitrogen and oxygen atoms in total. The van der Waals surface area contributed by atoms with E-state index < -0.39 is 31.1 Å². The smallest absolute Gasteiger partial charge is 0.167 e. The minimum Gasteiger partial charge on any atom is -0.504 e. The fourth-order valence-corrected chi connectivity index (χ4v) is 3.33. The van der Waals surface area contributed by atoms with Crippen LogP contribution < -0.4 is 10.1 Å². The van der Waals surface area contributed by atoms with Crippen molar-refractivity contribution < 1.29 is 29.9 Å². The van der Waals surface area contributed by atoms with Crippen LogP contribution >= 0.6 is 0 Å². The summed E-state index contributed by atoms with van der Waals surface area (Å²) in [5.74, 6) is 0.818. The molecule has 1 saturated heterocycles. The average Bonchev–Trinajstić information content (AvgIpc) is 3.29. The van der Waals surface area contributed by atoms with Crippen molar-refractivity contribution in [1.82, 2.24) is 19.5 Å². The largest absolute Gasteiger partial charge is 0.504 e. The Morgan fingerprint density at radius 1 is 1.21 bits per heavy atom. The van der Waals surface area contributed by atoms with Crippen LogP contribution in [-0.2, 0) is 11.3 Å². The molecule has 5 N–H and O–H groups in total. The lowest BCUT2D eigenvalue weighted by Gasteiger charge is -2.16. The van der Waals surface area contributed by atoms with Crippen LogP contribution in [0.5, 0.6) is 11.5 Å². The van der Waals surface area contributed by atoms with Gasteiger partial charge in [0.2, 0.25) is 0 Å². The van der Waals surface area contributed by atoms with Gasteiger partial charge in [0.05, 0.1) is 20.0 Å². The second-order valence-electron chi connectivity index (χ2n) is 6.60. The summed E-state index contributed by atoms with van der Waals surface area (Å²) in [5.41, 5.74) is 1.42. The van der Waals surface area contributed by atoms with Gasteiger partial charge in [-0.2, -0.15) is 0 Å². The van der Waals surface area contributed by atoms with Crippen LogP contribution in [0, 0.1) is 0 Å². The number of rotatable bonds is 6. The number of fused-ring (bicyclic) bond motifs is 1. The minimum absolute atomic E-state index is 0.0323. The van der Waals surface area contributed by atoms with E-state index in [-0.39, 0.29) is 12.3 Å². The van der Waals surface area contributed by atoms with E-state index in [2.05, 4.69) is 20.3 Å². The number of hydrogen-bond donors (Lipinski definition) is 5. The molecule has 0 radical (unpaired) electrons. The molecular formula is C18H21N5O6. The molecule has 3 heterocycles. The maximum Gasteiger partial charge on any atom is 0.167 e. The molecule has 11 heteroatoms. The molecule has 0 saturated carbocycles. The standard InChI is InChI=1S/C18H21N5O6/c1-28-10-4-2-3-9(13(10)25)5-19-16-12-17(21-7-20-16)23(8-22-12)18-15(27)14(26)11(6-24)29-18/h2-4,7-8,11,14-15,18,24-27H,5-6H2,1H3,(H,19,20,21)/t11-,14-,15+,18-/m1/s1. The van der Waals surface area contributed by atoms with Gasteiger partial charge in [-0.05, 0) is 6.07 Å². The number of nitrogens with one attached hydrogen (secondary N) is 1. The monoisotopic (exact) mass is 403 g/mol. The quantitative estimate of drug-likeness (QED) is 0.372. The molecule has 29 heavy (non-hydrogen) atoms. The molecule has 4 rings (SSSR count). The number of ether oxygens (including phenoxy) is 2. The fraction of sp³-hybridized carbons (Fsp3) is 0.389. The molecule has 1 aromatic carbocycles. The van der Waals surface area contributed by atoms with E-state index >= 15 is 0 Å². The van der Waals surface area contributed by atoms with Crippen molar-refractivity contribution in [3.63, 3.8) is 0 Å². The molecule has 0 spiro atoms. The number of methoxy groups -OCH3 is 1. The molecule has 154 valence electrons. The number of para-hydroxylation sites is 1. The van der Waals surface area contributed by atoms with Gasteiger partial charge in [0.25, 0.3) is 0 Å². The highest BCUT2D eigenvalue weighted by atomic mass is 16.6. The number of aromatic nitrogens is 4. The Balaban J connectivity index is 1.60. The molecule has 2 aromatic heterocycles. The van der Waals surface area contributed by atoms with Gasteiger partial charge < -0.3 is 35.2 Å². The second kappa shape index (κ2) is 7.79. The van der Waals surface area contributed by atoms with E-state index in [1.54, 1.807) is 18.2 Å². The van der Waals surface area contributed by atoms with Gasteiger partial charge in [0, 0.05) is 12.1 Å². The van der Waals surface area contributed by atoms with Crippen molar-refractivity contribution in [2.24, 2.45) is 0 Å². The van der Waals surface area contributed by atoms with E-state index in [1.807, 2.05) is 0 Å². The van der Waals surface area contributed by atoms with Crippen LogP contribution in [0.4, 0.5) is 5.82 Å². The molecule has 1 fully saturated rings. The lowest BCUT2D eigenvalue weighted by Crippen LogP contribution is -2.33. The van der Waals surface area contributed by atoms with Gasteiger partial charge in [-0.25, -0.2) is 15.0 Å². The Morgan fingerprint density at radius 3 is 2.76 bits per heavy atom. The first-order valence-corrected chi connectivity index (χ1v) is 8.93.